The highest BCUT2D eigenvalue weighted by Crippen LogP contribution is 2.18. The molecule has 4 heteroatoms. The van der Waals surface area contributed by atoms with Gasteiger partial charge in [0.2, 0.25) is 0 Å². The molecule has 1 unspecified atom stereocenters. The molecule has 17 heavy (non-hydrogen) atoms. The van der Waals surface area contributed by atoms with Gasteiger partial charge in [-0.05, 0) is 38.3 Å². The van der Waals surface area contributed by atoms with E-state index in [2.05, 4.69) is 5.32 Å². The van der Waals surface area contributed by atoms with Gasteiger partial charge in [0.05, 0.1) is 0 Å². The normalized spacial score (nSPS) is 25.1. The highest BCUT2D eigenvalue weighted by Gasteiger charge is 2.22. The lowest BCUT2D eigenvalue weighted by atomic mass is 9.61. The fourth-order valence-electron chi connectivity index (χ4n) is 2.48. The summed E-state index contributed by atoms with van der Waals surface area (Å²) in [5.74, 6) is 0.0438. The van der Waals surface area contributed by atoms with E-state index in [0.29, 0.717) is 0 Å². The summed E-state index contributed by atoms with van der Waals surface area (Å²) in [7, 11) is 0. The minimum atomic E-state index is -0.175. The van der Waals surface area contributed by atoms with E-state index in [-0.39, 0.29) is 18.9 Å². The van der Waals surface area contributed by atoms with E-state index in [0.717, 1.165) is 50.3 Å². The van der Waals surface area contributed by atoms with Crippen molar-refractivity contribution < 1.29 is 9.82 Å². The van der Waals surface area contributed by atoms with Crippen LogP contribution in [0, 0.1) is 0 Å². The number of hydrogen-bond donors (Lipinski definition) is 2. The second kappa shape index (κ2) is 6.06. The van der Waals surface area contributed by atoms with Crippen LogP contribution in [0.25, 0.3) is 0 Å². The maximum Gasteiger partial charge on any atom is 0.289 e. The van der Waals surface area contributed by atoms with E-state index in [9.17, 15) is 9.82 Å². The second-order valence-electron chi connectivity index (χ2n) is 4.97. The zero-order valence-electron chi connectivity index (χ0n) is 10.2. The SMILES string of the molecule is O=C(NC1CCCB(O)CC1)C1=CCCC=C1. The van der Waals surface area contributed by atoms with Crippen molar-refractivity contribution in [3.8, 4) is 0 Å². The molecular weight excluding hydrogens is 213 g/mol. The molecule has 1 amide bonds. The average Bonchev–Trinajstić information content (AvgIpc) is 2.56. The molecule has 0 bridgehead atoms. The molecular formula is C13H20BNO2. The van der Waals surface area contributed by atoms with E-state index in [1.165, 1.54) is 0 Å². The van der Waals surface area contributed by atoms with Crippen LogP contribution in [0.5, 0.6) is 0 Å². The van der Waals surface area contributed by atoms with Crippen LogP contribution < -0.4 is 5.32 Å². The fraction of sp³-hybridized carbons (Fsp3) is 0.615. The van der Waals surface area contributed by atoms with Crippen LogP contribution in [0.4, 0.5) is 0 Å². The molecule has 1 saturated heterocycles. The number of hydrogen-bond acceptors (Lipinski definition) is 2. The van der Waals surface area contributed by atoms with Crippen molar-refractivity contribution in [2.24, 2.45) is 0 Å². The zero-order chi connectivity index (χ0) is 12.1. The van der Waals surface area contributed by atoms with E-state index >= 15 is 0 Å². The predicted molar refractivity (Wildman–Crippen MR) is 69.8 cm³/mol. The molecule has 0 spiro atoms. The first-order valence-electron chi connectivity index (χ1n) is 6.61. The van der Waals surface area contributed by atoms with Gasteiger partial charge < -0.3 is 10.3 Å². The Morgan fingerprint density at radius 2 is 2.24 bits per heavy atom. The second-order valence-corrected chi connectivity index (χ2v) is 4.97. The van der Waals surface area contributed by atoms with Crippen LogP contribution >= 0.6 is 0 Å². The first-order valence-corrected chi connectivity index (χ1v) is 6.61. The van der Waals surface area contributed by atoms with E-state index in [4.69, 9.17) is 0 Å². The smallest absolute Gasteiger partial charge is 0.289 e. The number of rotatable bonds is 2. The molecule has 0 saturated carbocycles. The summed E-state index contributed by atoms with van der Waals surface area (Å²) in [5, 5.41) is 12.6. The van der Waals surface area contributed by atoms with Gasteiger partial charge in [0, 0.05) is 11.6 Å². The number of carbonyl (C=O) groups excluding carboxylic acids is 1. The van der Waals surface area contributed by atoms with Gasteiger partial charge in [0.25, 0.3) is 12.8 Å². The summed E-state index contributed by atoms with van der Waals surface area (Å²) in [5.41, 5.74) is 0.793. The summed E-state index contributed by atoms with van der Waals surface area (Å²) >= 11 is 0. The van der Waals surface area contributed by atoms with Gasteiger partial charge in [0.15, 0.2) is 0 Å². The van der Waals surface area contributed by atoms with E-state index < -0.39 is 0 Å². The summed E-state index contributed by atoms with van der Waals surface area (Å²) in [6.07, 6.45) is 12.5. The van der Waals surface area contributed by atoms with E-state index in [1.807, 2.05) is 18.2 Å². The van der Waals surface area contributed by atoms with Gasteiger partial charge in [0.1, 0.15) is 0 Å². The number of amides is 1. The molecule has 2 N–H and O–H groups in total. The maximum absolute atomic E-state index is 12.0. The minimum Gasteiger partial charge on any atom is -0.450 e. The lowest BCUT2D eigenvalue weighted by molar-refractivity contribution is -0.117. The zero-order valence-corrected chi connectivity index (χ0v) is 10.2. The molecule has 0 aromatic carbocycles. The fourth-order valence-corrected chi connectivity index (χ4v) is 2.48. The van der Waals surface area contributed by atoms with E-state index in [1.54, 1.807) is 0 Å². The minimum absolute atomic E-state index is 0.0438. The molecule has 2 aliphatic rings. The highest BCUT2D eigenvalue weighted by atomic mass is 16.2. The molecule has 0 radical (unpaired) electrons. The molecule has 0 aromatic rings. The van der Waals surface area contributed by atoms with Crippen molar-refractivity contribution in [3.05, 3.63) is 23.8 Å². The van der Waals surface area contributed by atoms with Crippen molar-refractivity contribution in [2.45, 2.75) is 50.8 Å². The molecule has 1 heterocycles. The topological polar surface area (TPSA) is 49.3 Å². The van der Waals surface area contributed by atoms with Gasteiger partial charge >= 0.3 is 0 Å². The van der Waals surface area contributed by atoms with Crippen LogP contribution in [-0.2, 0) is 4.79 Å². The number of allylic oxidation sites excluding steroid dienone is 2. The van der Waals surface area contributed by atoms with Crippen molar-refractivity contribution in [3.63, 3.8) is 0 Å². The third-order valence-corrected chi connectivity index (χ3v) is 3.53. The Morgan fingerprint density at radius 1 is 1.35 bits per heavy atom. The van der Waals surface area contributed by atoms with Crippen molar-refractivity contribution in [1.29, 1.82) is 0 Å². The number of carbonyl (C=O) groups is 1. The third-order valence-electron chi connectivity index (χ3n) is 3.53. The summed E-state index contributed by atoms with van der Waals surface area (Å²) in [6.45, 7) is -0.175. The number of nitrogens with one attached hydrogen (secondary N) is 1. The first kappa shape index (κ1) is 12.4. The quantitative estimate of drug-likeness (QED) is 0.716. The molecule has 1 atom stereocenters. The first-order chi connectivity index (χ1) is 8.25. The lowest BCUT2D eigenvalue weighted by Crippen LogP contribution is -2.35. The lowest BCUT2D eigenvalue weighted by Gasteiger charge is -2.17. The average molecular weight is 233 g/mol. The molecule has 1 fully saturated rings. The van der Waals surface area contributed by atoms with Crippen molar-refractivity contribution >= 4 is 12.8 Å². The van der Waals surface area contributed by atoms with Gasteiger partial charge in [-0.15, -0.1) is 0 Å². The third kappa shape index (κ3) is 3.74. The predicted octanol–water partition coefficient (Wildman–Crippen LogP) is 1.92. The maximum atomic E-state index is 12.0. The van der Waals surface area contributed by atoms with Gasteiger partial charge in [-0.1, -0.05) is 24.6 Å². The molecule has 2 rings (SSSR count). The Balaban J connectivity index is 1.85. The van der Waals surface area contributed by atoms with Crippen molar-refractivity contribution in [1.82, 2.24) is 5.32 Å². The van der Waals surface area contributed by atoms with Crippen LogP contribution in [0.3, 0.4) is 0 Å². The largest absolute Gasteiger partial charge is 0.450 e. The molecule has 3 nitrogen and oxygen atoms in total. The summed E-state index contributed by atoms with van der Waals surface area (Å²) < 4.78 is 0. The molecule has 92 valence electrons. The Labute approximate surface area is 103 Å². The Hall–Kier alpha value is -1.03. The Kier molecular flexibility index (Phi) is 4.43. The van der Waals surface area contributed by atoms with Crippen LogP contribution in [0.1, 0.15) is 32.1 Å². The standard InChI is InChI=1S/C13H20BNO2/c16-13(11-5-2-1-3-6-11)15-12-7-4-9-14(17)10-8-12/h2,5-6,12,17H,1,3-4,7-10H2,(H,15,16). The van der Waals surface area contributed by atoms with Gasteiger partial charge in [-0.25, -0.2) is 0 Å². The molecule has 1 aliphatic carbocycles. The van der Waals surface area contributed by atoms with Crippen LogP contribution in [0.2, 0.25) is 12.6 Å². The molecule has 0 aromatic heterocycles. The van der Waals surface area contributed by atoms with Gasteiger partial charge in [-0.2, -0.15) is 0 Å². The Bertz CT molecular complexity index is 338. The van der Waals surface area contributed by atoms with Crippen LogP contribution in [-0.4, -0.2) is 23.9 Å². The highest BCUT2D eigenvalue weighted by molar-refractivity contribution is 6.50. The summed E-state index contributed by atoms with van der Waals surface area (Å²) in [6, 6.07) is 0.232. The molecule has 1 aliphatic heterocycles. The summed E-state index contributed by atoms with van der Waals surface area (Å²) in [4.78, 5) is 12.0. The van der Waals surface area contributed by atoms with Crippen molar-refractivity contribution in [2.75, 3.05) is 0 Å². The monoisotopic (exact) mass is 233 g/mol. The Morgan fingerprint density at radius 3 is 3.00 bits per heavy atom. The van der Waals surface area contributed by atoms with Gasteiger partial charge in [-0.3, -0.25) is 4.79 Å². The van der Waals surface area contributed by atoms with Crippen LogP contribution in [0.15, 0.2) is 23.8 Å².